The molecule has 0 aliphatic heterocycles. The zero-order chi connectivity index (χ0) is 21.9. The Balaban J connectivity index is 1.80. The van der Waals surface area contributed by atoms with Crippen LogP contribution in [-0.4, -0.2) is 37.2 Å². The molecule has 0 fully saturated rings. The van der Waals surface area contributed by atoms with Crippen molar-refractivity contribution in [3.63, 3.8) is 0 Å². The fourth-order valence-electron chi connectivity index (χ4n) is 2.73. The Hall–Kier alpha value is -2.49. The van der Waals surface area contributed by atoms with E-state index in [1.165, 1.54) is 35.6 Å². The van der Waals surface area contributed by atoms with Crippen LogP contribution in [0, 0.1) is 0 Å². The lowest BCUT2D eigenvalue weighted by Gasteiger charge is -2.03. The van der Waals surface area contributed by atoms with Gasteiger partial charge in [0.2, 0.25) is 5.91 Å². The van der Waals surface area contributed by atoms with Crippen LogP contribution in [0.15, 0.2) is 52.4 Å². The second-order valence-electron chi connectivity index (χ2n) is 6.37. The van der Waals surface area contributed by atoms with Gasteiger partial charge in [-0.3, -0.25) is 4.79 Å². The summed E-state index contributed by atoms with van der Waals surface area (Å²) < 4.78 is 32.3. The lowest BCUT2D eigenvalue weighted by Crippen LogP contribution is -2.15. The van der Waals surface area contributed by atoms with E-state index in [0.717, 1.165) is 10.2 Å². The number of nitrogens with zero attached hydrogens (tertiary/aromatic N) is 2. The number of benzene rings is 2. The Morgan fingerprint density at radius 3 is 2.53 bits per heavy atom. The predicted octanol–water partition coefficient (Wildman–Crippen LogP) is 3.36. The maximum atomic E-state index is 12.4. The Labute approximate surface area is 182 Å². The number of hydrogen-bond acceptors (Lipinski definition) is 6. The summed E-state index contributed by atoms with van der Waals surface area (Å²) in [6, 6.07) is 10.9. The summed E-state index contributed by atoms with van der Waals surface area (Å²) >= 11 is 7.02. The van der Waals surface area contributed by atoms with Crippen LogP contribution in [0.4, 0.5) is 0 Å². The number of amides is 1. The molecule has 0 unspecified atom stereocenters. The van der Waals surface area contributed by atoms with Crippen LogP contribution in [0.3, 0.4) is 0 Å². The number of hydrogen-bond donors (Lipinski definition) is 0. The maximum absolute atomic E-state index is 12.4. The molecule has 10 heteroatoms. The van der Waals surface area contributed by atoms with E-state index < -0.39 is 21.7 Å². The number of rotatable bonds is 6. The molecule has 0 N–H and O–H groups in total. The molecule has 3 rings (SSSR count). The van der Waals surface area contributed by atoms with Crippen molar-refractivity contribution in [3.05, 3.63) is 57.9 Å². The molecule has 0 radical (unpaired) electrons. The second kappa shape index (κ2) is 9.11. The summed E-state index contributed by atoms with van der Waals surface area (Å²) in [5, 5.41) is 0.434. The van der Waals surface area contributed by atoms with Crippen LogP contribution in [0.2, 0.25) is 5.02 Å². The number of aromatic nitrogens is 1. The van der Waals surface area contributed by atoms with Crippen molar-refractivity contribution in [3.8, 4) is 0 Å². The molecule has 30 heavy (non-hydrogen) atoms. The molecule has 1 heterocycles. The van der Waals surface area contributed by atoms with E-state index >= 15 is 0 Å². The number of thiazole rings is 1. The van der Waals surface area contributed by atoms with Gasteiger partial charge in [-0.1, -0.05) is 22.9 Å². The van der Waals surface area contributed by atoms with Gasteiger partial charge in [-0.05, 0) is 49.4 Å². The third-order valence-corrected chi connectivity index (χ3v) is 7.38. The highest BCUT2D eigenvalue weighted by Crippen LogP contribution is 2.19. The minimum Gasteiger partial charge on any atom is -0.462 e. The highest BCUT2D eigenvalue weighted by molar-refractivity contribution is 7.91. The minimum atomic E-state index is -3.61. The van der Waals surface area contributed by atoms with E-state index in [1.807, 2.05) is 0 Å². The van der Waals surface area contributed by atoms with Crippen LogP contribution in [-0.2, 0) is 26.4 Å². The Bertz CT molecular complexity index is 1270. The molecule has 0 saturated carbocycles. The van der Waals surface area contributed by atoms with Crippen molar-refractivity contribution in [1.82, 2.24) is 4.57 Å². The minimum absolute atomic E-state index is 0.110. The molecular formula is C20H19ClN2O5S2. The summed E-state index contributed by atoms with van der Waals surface area (Å²) in [7, 11) is -1.86. The van der Waals surface area contributed by atoms with E-state index in [0.29, 0.717) is 15.4 Å². The number of fused-ring (bicyclic) bond motifs is 1. The molecule has 1 amide bonds. The molecule has 0 bridgehead atoms. The van der Waals surface area contributed by atoms with Crippen molar-refractivity contribution >= 4 is 54.9 Å². The van der Waals surface area contributed by atoms with Gasteiger partial charge in [0.05, 0.1) is 33.0 Å². The first kappa shape index (κ1) is 22.2. The number of aryl methyl sites for hydroxylation is 1. The van der Waals surface area contributed by atoms with Crippen molar-refractivity contribution in [2.75, 3.05) is 12.4 Å². The normalized spacial score (nSPS) is 12.3. The molecule has 3 aromatic rings. The number of carbonyl (C=O) groups excluding carboxylic acids is 2. The monoisotopic (exact) mass is 466 g/mol. The van der Waals surface area contributed by atoms with Crippen molar-refractivity contribution in [2.45, 2.75) is 18.2 Å². The lowest BCUT2D eigenvalue weighted by molar-refractivity contribution is -0.117. The zero-order valence-electron chi connectivity index (χ0n) is 16.3. The van der Waals surface area contributed by atoms with Crippen molar-refractivity contribution in [1.29, 1.82) is 0 Å². The first-order chi connectivity index (χ1) is 14.2. The third kappa shape index (κ3) is 4.97. The van der Waals surface area contributed by atoms with Gasteiger partial charge in [0, 0.05) is 18.5 Å². The average Bonchev–Trinajstić information content (AvgIpc) is 3.02. The number of esters is 1. The number of carbonyl (C=O) groups is 2. The van der Waals surface area contributed by atoms with E-state index in [2.05, 4.69) is 4.99 Å². The number of ether oxygens (including phenoxy) is 1. The largest absolute Gasteiger partial charge is 0.462 e. The van der Waals surface area contributed by atoms with Crippen molar-refractivity contribution in [2.24, 2.45) is 12.0 Å². The second-order valence-corrected chi connectivity index (χ2v) is 9.93. The topological polar surface area (TPSA) is 94.8 Å². The molecule has 0 saturated heterocycles. The lowest BCUT2D eigenvalue weighted by atomic mass is 10.2. The molecule has 158 valence electrons. The van der Waals surface area contributed by atoms with Gasteiger partial charge in [-0.25, -0.2) is 13.2 Å². The zero-order valence-corrected chi connectivity index (χ0v) is 18.7. The summed E-state index contributed by atoms with van der Waals surface area (Å²) in [6.07, 6.45) is -0.243. The number of halogens is 1. The van der Waals surface area contributed by atoms with Gasteiger partial charge in [-0.15, -0.1) is 0 Å². The van der Waals surface area contributed by atoms with Gasteiger partial charge in [0.15, 0.2) is 14.6 Å². The van der Waals surface area contributed by atoms with E-state index in [1.54, 1.807) is 36.7 Å². The van der Waals surface area contributed by atoms with Crippen LogP contribution in [0.1, 0.15) is 23.7 Å². The molecule has 0 spiro atoms. The summed E-state index contributed by atoms with van der Waals surface area (Å²) in [5.74, 6) is -1.31. The molecule has 7 nitrogen and oxygen atoms in total. The standard InChI is InChI=1S/C20H19ClN2O5S2/c1-3-28-19(25)13-4-9-16-17(12-13)29-20(23(16)2)22-18(24)10-11-30(26,27)15-7-5-14(21)6-8-15/h4-9,12H,3,10-11H2,1-2H3. The maximum Gasteiger partial charge on any atom is 0.338 e. The van der Waals surface area contributed by atoms with Crippen LogP contribution < -0.4 is 4.80 Å². The summed E-state index contributed by atoms with van der Waals surface area (Å²) in [4.78, 5) is 28.8. The van der Waals surface area contributed by atoms with E-state index in [4.69, 9.17) is 16.3 Å². The molecule has 1 aromatic heterocycles. The smallest absolute Gasteiger partial charge is 0.338 e. The van der Waals surface area contributed by atoms with Gasteiger partial charge >= 0.3 is 5.97 Å². The summed E-state index contributed by atoms with van der Waals surface area (Å²) in [6.45, 7) is 2.01. The highest BCUT2D eigenvalue weighted by atomic mass is 35.5. The Morgan fingerprint density at radius 1 is 1.17 bits per heavy atom. The average molecular weight is 467 g/mol. The van der Waals surface area contributed by atoms with Gasteiger partial charge in [-0.2, -0.15) is 4.99 Å². The molecule has 0 aliphatic carbocycles. The van der Waals surface area contributed by atoms with E-state index in [9.17, 15) is 18.0 Å². The summed E-state index contributed by atoms with van der Waals surface area (Å²) in [5.41, 5.74) is 1.21. The van der Waals surface area contributed by atoms with Crippen LogP contribution >= 0.6 is 22.9 Å². The van der Waals surface area contributed by atoms with Crippen LogP contribution in [0.25, 0.3) is 10.2 Å². The predicted molar refractivity (Wildman–Crippen MR) is 115 cm³/mol. The van der Waals surface area contributed by atoms with Crippen LogP contribution in [0.5, 0.6) is 0 Å². The van der Waals surface area contributed by atoms with Gasteiger partial charge in [0.25, 0.3) is 0 Å². The molecule has 0 atom stereocenters. The molecular weight excluding hydrogens is 448 g/mol. The molecule has 0 aliphatic rings. The third-order valence-electron chi connectivity index (χ3n) is 4.30. The highest BCUT2D eigenvalue weighted by Gasteiger charge is 2.17. The van der Waals surface area contributed by atoms with E-state index in [-0.39, 0.29) is 23.7 Å². The SMILES string of the molecule is CCOC(=O)c1ccc2c(c1)sc(=NC(=O)CCS(=O)(=O)c1ccc(Cl)cc1)n2C. The first-order valence-corrected chi connectivity index (χ1v) is 11.9. The van der Waals surface area contributed by atoms with Crippen molar-refractivity contribution < 1.29 is 22.7 Å². The quantitative estimate of drug-likeness (QED) is 0.519. The fourth-order valence-corrected chi connectivity index (χ4v) is 5.16. The Kier molecular flexibility index (Phi) is 6.74. The molecule has 2 aromatic carbocycles. The number of sulfone groups is 1. The van der Waals surface area contributed by atoms with Gasteiger partial charge < -0.3 is 9.30 Å². The fraction of sp³-hybridized carbons (Fsp3) is 0.250. The Morgan fingerprint density at radius 2 is 1.87 bits per heavy atom. The van der Waals surface area contributed by atoms with Gasteiger partial charge in [0.1, 0.15) is 0 Å². The first-order valence-electron chi connectivity index (χ1n) is 9.04.